The first-order valence-corrected chi connectivity index (χ1v) is 8.83. The number of piperidine rings is 1. The highest BCUT2D eigenvalue weighted by Gasteiger charge is 2.70. The molecule has 3 aliphatic carbocycles. The summed E-state index contributed by atoms with van der Waals surface area (Å²) in [6, 6.07) is 0. The Labute approximate surface area is 124 Å². The SMILES string of the molecule is CC(C)C12CC(N3CC=C(N4CCCCC4)CC3)(C1)C2. The topological polar surface area (TPSA) is 6.48 Å². The number of hydrogen-bond acceptors (Lipinski definition) is 2. The summed E-state index contributed by atoms with van der Waals surface area (Å²) in [5.41, 5.74) is 3.04. The number of rotatable bonds is 3. The Bertz CT molecular complexity index is 397. The number of likely N-dealkylation sites (tertiary alicyclic amines) is 1. The molecule has 0 spiro atoms. The van der Waals surface area contributed by atoms with Crippen LogP contribution < -0.4 is 0 Å². The van der Waals surface area contributed by atoms with Crippen LogP contribution in [0.2, 0.25) is 0 Å². The van der Waals surface area contributed by atoms with E-state index in [-0.39, 0.29) is 0 Å². The van der Waals surface area contributed by atoms with Crippen LogP contribution in [0, 0.1) is 11.3 Å². The monoisotopic (exact) mass is 274 g/mol. The fraction of sp³-hybridized carbons (Fsp3) is 0.889. The van der Waals surface area contributed by atoms with Gasteiger partial charge in [-0.25, -0.2) is 0 Å². The second-order valence-corrected chi connectivity index (χ2v) is 8.21. The third-order valence-corrected chi connectivity index (χ3v) is 6.89. The molecule has 2 heterocycles. The minimum absolute atomic E-state index is 0.633. The maximum atomic E-state index is 2.81. The lowest BCUT2D eigenvalue weighted by Gasteiger charge is -2.76. The molecule has 5 rings (SSSR count). The standard InChI is InChI=1S/C18H30N2/c1-15(2)17-12-18(13-17,14-17)20-10-6-16(7-11-20)19-8-4-3-5-9-19/h6,15H,3-5,7-14H2,1-2H3. The average molecular weight is 274 g/mol. The van der Waals surface area contributed by atoms with Gasteiger partial charge in [0.2, 0.25) is 0 Å². The van der Waals surface area contributed by atoms with Crippen molar-refractivity contribution in [3.8, 4) is 0 Å². The van der Waals surface area contributed by atoms with Crippen molar-refractivity contribution in [1.82, 2.24) is 9.80 Å². The van der Waals surface area contributed by atoms with E-state index in [4.69, 9.17) is 0 Å². The van der Waals surface area contributed by atoms with Gasteiger partial charge in [-0.3, -0.25) is 4.90 Å². The molecule has 2 bridgehead atoms. The van der Waals surface area contributed by atoms with Crippen LogP contribution in [-0.2, 0) is 0 Å². The normalized spacial score (nSPS) is 41.1. The molecule has 0 N–H and O–H groups in total. The first-order valence-electron chi connectivity index (χ1n) is 8.83. The summed E-state index contributed by atoms with van der Waals surface area (Å²) >= 11 is 0. The molecule has 2 nitrogen and oxygen atoms in total. The van der Waals surface area contributed by atoms with Crippen molar-refractivity contribution >= 4 is 0 Å². The van der Waals surface area contributed by atoms with Gasteiger partial charge < -0.3 is 4.90 Å². The lowest BCUT2D eigenvalue weighted by molar-refractivity contribution is -0.240. The second kappa shape index (κ2) is 4.50. The Morgan fingerprint density at radius 2 is 1.70 bits per heavy atom. The van der Waals surface area contributed by atoms with E-state index in [9.17, 15) is 0 Å². The van der Waals surface area contributed by atoms with Gasteiger partial charge in [-0.1, -0.05) is 19.9 Å². The van der Waals surface area contributed by atoms with Gasteiger partial charge >= 0.3 is 0 Å². The molecule has 0 radical (unpaired) electrons. The quantitative estimate of drug-likeness (QED) is 0.775. The zero-order chi connectivity index (χ0) is 13.8. The predicted octanol–water partition coefficient (Wildman–Crippen LogP) is 3.64. The van der Waals surface area contributed by atoms with Crippen molar-refractivity contribution in [2.24, 2.45) is 11.3 Å². The summed E-state index contributed by atoms with van der Waals surface area (Å²) in [5, 5.41) is 0. The zero-order valence-electron chi connectivity index (χ0n) is 13.3. The largest absolute Gasteiger partial charge is 0.375 e. The van der Waals surface area contributed by atoms with Crippen LogP contribution in [0.1, 0.15) is 58.8 Å². The minimum atomic E-state index is 0.633. The van der Waals surface area contributed by atoms with Crippen molar-refractivity contribution in [2.45, 2.75) is 64.3 Å². The summed E-state index contributed by atoms with van der Waals surface area (Å²) in [7, 11) is 0. The molecule has 0 unspecified atom stereocenters. The van der Waals surface area contributed by atoms with Crippen molar-refractivity contribution in [2.75, 3.05) is 26.2 Å². The molecule has 1 saturated heterocycles. The van der Waals surface area contributed by atoms with Gasteiger partial charge in [-0.15, -0.1) is 0 Å². The van der Waals surface area contributed by atoms with E-state index >= 15 is 0 Å². The van der Waals surface area contributed by atoms with E-state index in [0.29, 0.717) is 5.54 Å². The summed E-state index contributed by atoms with van der Waals surface area (Å²) in [6.07, 6.45) is 12.6. The first kappa shape index (κ1) is 13.2. The maximum absolute atomic E-state index is 2.81. The molecule has 2 heteroatoms. The Hall–Kier alpha value is -0.500. The average Bonchev–Trinajstić information content (AvgIpc) is 2.37. The van der Waals surface area contributed by atoms with E-state index in [1.165, 1.54) is 71.1 Å². The van der Waals surface area contributed by atoms with Gasteiger partial charge in [0.1, 0.15) is 0 Å². The van der Waals surface area contributed by atoms with Crippen molar-refractivity contribution in [1.29, 1.82) is 0 Å². The number of hydrogen-bond donors (Lipinski definition) is 0. The smallest absolute Gasteiger partial charge is 0.0229 e. The third kappa shape index (κ3) is 1.80. The molecular formula is C18H30N2. The first-order chi connectivity index (χ1) is 9.64. The molecule has 5 aliphatic rings. The second-order valence-electron chi connectivity index (χ2n) is 8.21. The van der Waals surface area contributed by atoms with E-state index in [0.717, 1.165) is 11.3 Å². The molecule has 4 fully saturated rings. The van der Waals surface area contributed by atoms with Gasteiger partial charge in [0, 0.05) is 37.4 Å². The van der Waals surface area contributed by atoms with Crippen LogP contribution >= 0.6 is 0 Å². The van der Waals surface area contributed by atoms with Gasteiger partial charge in [0.05, 0.1) is 0 Å². The van der Waals surface area contributed by atoms with Crippen LogP contribution in [-0.4, -0.2) is 41.5 Å². The summed E-state index contributed by atoms with van der Waals surface area (Å²) in [6.45, 7) is 10.0. The van der Waals surface area contributed by atoms with Gasteiger partial charge in [-0.2, -0.15) is 0 Å². The Kier molecular flexibility index (Phi) is 2.96. The molecule has 0 aromatic heterocycles. The maximum Gasteiger partial charge on any atom is 0.0229 e. The minimum Gasteiger partial charge on any atom is -0.375 e. The third-order valence-electron chi connectivity index (χ3n) is 6.89. The van der Waals surface area contributed by atoms with E-state index in [1.807, 2.05) is 0 Å². The lowest BCUT2D eigenvalue weighted by atomic mass is 9.35. The molecule has 0 amide bonds. The molecule has 2 aliphatic heterocycles. The van der Waals surface area contributed by atoms with Crippen molar-refractivity contribution in [3.63, 3.8) is 0 Å². The molecule has 0 aromatic carbocycles. The highest BCUT2D eigenvalue weighted by Crippen LogP contribution is 2.73. The zero-order valence-corrected chi connectivity index (χ0v) is 13.3. The Morgan fingerprint density at radius 1 is 1.00 bits per heavy atom. The van der Waals surface area contributed by atoms with Crippen molar-refractivity contribution < 1.29 is 0 Å². The fourth-order valence-corrected chi connectivity index (χ4v) is 5.32. The molecule has 112 valence electrons. The molecule has 0 atom stereocenters. The Balaban J connectivity index is 1.35. The lowest BCUT2D eigenvalue weighted by Crippen LogP contribution is -2.76. The van der Waals surface area contributed by atoms with Gasteiger partial charge in [0.15, 0.2) is 0 Å². The van der Waals surface area contributed by atoms with Gasteiger partial charge in [-0.05, 0) is 56.3 Å². The molecule has 20 heavy (non-hydrogen) atoms. The summed E-state index contributed by atoms with van der Waals surface area (Å²) < 4.78 is 0. The van der Waals surface area contributed by atoms with Crippen LogP contribution in [0.4, 0.5) is 0 Å². The van der Waals surface area contributed by atoms with E-state index < -0.39 is 0 Å². The van der Waals surface area contributed by atoms with Crippen LogP contribution in [0.5, 0.6) is 0 Å². The van der Waals surface area contributed by atoms with Crippen LogP contribution in [0.15, 0.2) is 11.8 Å². The Morgan fingerprint density at radius 3 is 2.25 bits per heavy atom. The fourth-order valence-electron chi connectivity index (χ4n) is 5.32. The van der Waals surface area contributed by atoms with E-state index in [1.54, 1.807) is 5.70 Å². The number of nitrogens with zero attached hydrogens (tertiary/aromatic N) is 2. The highest BCUT2D eigenvalue weighted by atomic mass is 15.3. The molecular weight excluding hydrogens is 244 g/mol. The summed E-state index contributed by atoms with van der Waals surface area (Å²) in [5.74, 6) is 0.897. The highest BCUT2D eigenvalue weighted by molar-refractivity contribution is 5.26. The molecule has 0 aromatic rings. The van der Waals surface area contributed by atoms with Crippen molar-refractivity contribution in [3.05, 3.63) is 11.8 Å². The predicted molar refractivity (Wildman–Crippen MR) is 83.6 cm³/mol. The van der Waals surface area contributed by atoms with E-state index in [2.05, 4.69) is 29.7 Å². The molecule has 3 saturated carbocycles. The summed E-state index contributed by atoms with van der Waals surface area (Å²) in [4.78, 5) is 5.48. The van der Waals surface area contributed by atoms with Crippen LogP contribution in [0.25, 0.3) is 0 Å². The van der Waals surface area contributed by atoms with Gasteiger partial charge in [0.25, 0.3) is 0 Å². The van der Waals surface area contributed by atoms with Crippen LogP contribution in [0.3, 0.4) is 0 Å².